The lowest BCUT2D eigenvalue weighted by Gasteiger charge is -2.08. The summed E-state index contributed by atoms with van der Waals surface area (Å²) in [5.74, 6) is -0.0893. The molecule has 3 nitrogen and oxygen atoms in total. The summed E-state index contributed by atoms with van der Waals surface area (Å²) in [5.41, 5.74) is 0. The van der Waals surface area contributed by atoms with Crippen molar-refractivity contribution in [1.29, 1.82) is 0 Å². The van der Waals surface area contributed by atoms with Crippen LogP contribution in [-0.4, -0.2) is 26.2 Å². The maximum Gasteiger partial charge on any atom is 0.305 e. The van der Waals surface area contributed by atoms with E-state index in [1.54, 1.807) is 0 Å². The highest BCUT2D eigenvalue weighted by Gasteiger charge is 2.00. The quantitative estimate of drug-likeness (QED) is 0.483. The van der Waals surface area contributed by atoms with Gasteiger partial charge >= 0.3 is 5.97 Å². The number of unbranched alkanes of at least 4 members (excludes halogenated alkanes) is 3. The van der Waals surface area contributed by atoms with Gasteiger partial charge in [0.1, 0.15) is 0 Å². The lowest BCUT2D eigenvalue weighted by molar-refractivity contribution is -0.140. The molecule has 0 aliphatic rings. The smallest absolute Gasteiger partial charge is 0.305 e. The molecule has 0 aliphatic carbocycles. The van der Waals surface area contributed by atoms with Crippen LogP contribution < -0.4 is 5.32 Å². The number of esters is 1. The number of rotatable bonds is 8. The number of ether oxygens (including phenoxy) is 1. The molecule has 0 rings (SSSR count). The van der Waals surface area contributed by atoms with Gasteiger partial charge in [-0.3, -0.25) is 4.79 Å². The van der Waals surface area contributed by atoms with Gasteiger partial charge in [-0.1, -0.05) is 19.3 Å². The molecule has 0 spiro atoms. The van der Waals surface area contributed by atoms with Crippen molar-refractivity contribution in [3.8, 4) is 0 Å². The van der Waals surface area contributed by atoms with Crippen LogP contribution in [0.3, 0.4) is 0 Å². The van der Waals surface area contributed by atoms with Crippen molar-refractivity contribution in [3.05, 3.63) is 0 Å². The van der Waals surface area contributed by atoms with Crippen LogP contribution in [0.1, 0.15) is 45.4 Å². The van der Waals surface area contributed by atoms with Crippen molar-refractivity contribution < 1.29 is 9.53 Å². The third-order valence-corrected chi connectivity index (χ3v) is 2.49. The summed E-state index contributed by atoms with van der Waals surface area (Å²) >= 11 is 0. The highest BCUT2D eigenvalue weighted by molar-refractivity contribution is 5.68. The molecule has 0 radical (unpaired) electrons. The maximum absolute atomic E-state index is 10.8. The summed E-state index contributed by atoms with van der Waals surface area (Å²) in [6.07, 6.45) is 6.32. The minimum Gasteiger partial charge on any atom is -0.469 e. The Morgan fingerprint density at radius 2 is 1.93 bits per heavy atom. The van der Waals surface area contributed by atoms with Crippen LogP contribution in [0.2, 0.25) is 0 Å². The zero-order chi connectivity index (χ0) is 10.8. The number of carbonyl (C=O) groups excluding carboxylic acids is 1. The van der Waals surface area contributed by atoms with Crippen molar-refractivity contribution in [3.63, 3.8) is 0 Å². The average molecular weight is 201 g/mol. The summed E-state index contributed by atoms with van der Waals surface area (Å²) in [5, 5.41) is 3.21. The Labute approximate surface area is 87.2 Å². The molecule has 3 heteroatoms. The molecule has 14 heavy (non-hydrogen) atoms. The molecule has 0 bridgehead atoms. The van der Waals surface area contributed by atoms with E-state index in [1.165, 1.54) is 26.4 Å². The Hall–Kier alpha value is -0.570. The first-order valence-corrected chi connectivity index (χ1v) is 5.44. The highest BCUT2D eigenvalue weighted by atomic mass is 16.5. The highest BCUT2D eigenvalue weighted by Crippen LogP contribution is 2.07. The van der Waals surface area contributed by atoms with Crippen LogP contribution in [0.15, 0.2) is 0 Å². The van der Waals surface area contributed by atoms with Gasteiger partial charge in [0.15, 0.2) is 0 Å². The van der Waals surface area contributed by atoms with Crippen LogP contribution in [-0.2, 0) is 9.53 Å². The van der Waals surface area contributed by atoms with Crippen LogP contribution >= 0.6 is 0 Å². The van der Waals surface area contributed by atoms with Gasteiger partial charge in [0.25, 0.3) is 0 Å². The van der Waals surface area contributed by atoms with Crippen molar-refractivity contribution in [2.45, 2.75) is 51.5 Å². The standard InChI is InChI=1S/C11H23NO2/c1-10(12-2)8-6-4-5-7-9-11(13)14-3/h10,12H,4-9H2,1-3H3. The van der Waals surface area contributed by atoms with Crippen LogP contribution in [0, 0.1) is 0 Å². The number of hydrogen-bond acceptors (Lipinski definition) is 3. The van der Waals surface area contributed by atoms with Gasteiger partial charge in [-0.05, 0) is 26.8 Å². The molecule has 0 heterocycles. The zero-order valence-electron chi connectivity index (χ0n) is 9.64. The molecular weight excluding hydrogens is 178 g/mol. The zero-order valence-corrected chi connectivity index (χ0v) is 9.64. The van der Waals surface area contributed by atoms with Crippen LogP contribution in [0.25, 0.3) is 0 Å². The molecule has 0 aromatic rings. The van der Waals surface area contributed by atoms with E-state index >= 15 is 0 Å². The Kier molecular flexibility index (Phi) is 8.64. The third-order valence-electron chi connectivity index (χ3n) is 2.49. The fourth-order valence-corrected chi connectivity index (χ4v) is 1.32. The predicted octanol–water partition coefficient (Wildman–Crippen LogP) is 2.11. The average Bonchev–Trinajstić information content (AvgIpc) is 2.22. The largest absolute Gasteiger partial charge is 0.469 e. The molecule has 0 fully saturated rings. The molecule has 0 saturated carbocycles. The summed E-state index contributed by atoms with van der Waals surface area (Å²) < 4.78 is 4.56. The van der Waals surface area contributed by atoms with Gasteiger partial charge in [0.2, 0.25) is 0 Å². The van der Waals surface area contributed by atoms with Gasteiger partial charge in [0, 0.05) is 12.5 Å². The van der Waals surface area contributed by atoms with Gasteiger partial charge in [-0.25, -0.2) is 0 Å². The summed E-state index contributed by atoms with van der Waals surface area (Å²) in [6.45, 7) is 2.19. The molecule has 0 aromatic heterocycles. The number of methoxy groups -OCH3 is 1. The molecule has 0 aliphatic heterocycles. The van der Waals surface area contributed by atoms with E-state index in [0.29, 0.717) is 12.5 Å². The van der Waals surface area contributed by atoms with Gasteiger partial charge < -0.3 is 10.1 Å². The van der Waals surface area contributed by atoms with Gasteiger partial charge in [0.05, 0.1) is 7.11 Å². The fourth-order valence-electron chi connectivity index (χ4n) is 1.32. The van der Waals surface area contributed by atoms with E-state index < -0.39 is 0 Å². The second kappa shape index (κ2) is 9.00. The van der Waals surface area contributed by atoms with Crippen LogP contribution in [0.5, 0.6) is 0 Å². The monoisotopic (exact) mass is 201 g/mol. The normalized spacial score (nSPS) is 12.5. The molecule has 1 unspecified atom stereocenters. The topological polar surface area (TPSA) is 38.3 Å². The second-order valence-corrected chi connectivity index (χ2v) is 3.72. The summed E-state index contributed by atoms with van der Waals surface area (Å²) in [7, 11) is 3.43. The number of carbonyl (C=O) groups is 1. The maximum atomic E-state index is 10.8. The van der Waals surface area contributed by atoms with E-state index in [1.807, 2.05) is 7.05 Å². The minimum atomic E-state index is -0.0893. The van der Waals surface area contributed by atoms with E-state index in [4.69, 9.17) is 0 Å². The molecule has 1 atom stereocenters. The SMILES string of the molecule is CNC(C)CCCCCCC(=O)OC. The summed E-state index contributed by atoms with van der Waals surface area (Å²) in [4.78, 5) is 10.8. The first-order chi connectivity index (χ1) is 6.70. The summed E-state index contributed by atoms with van der Waals surface area (Å²) in [6, 6.07) is 0.607. The van der Waals surface area contributed by atoms with E-state index in [0.717, 1.165) is 12.8 Å². The Morgan fingerprint density at radius 1 is 1.29 bits per heavy atom. The Bertz CT molecular complexity index is 148. The van der Waals surface area contributed by atoms with E-state index in [-0.39, 0.29) is 5.97 Å². The Balaban J connectivity index is 3.10. The molecule has 84 valence electrons. The minimum absolute atomic E-state index is 0.0893. The molecule has 0 saturated heterocycles. The lowest BCUT2D eigenvalue weighted by atomic mass is 10.1. The molecule has 0 amide bonds. The van der Waals surface area contributed by atoms with E-state index in [2.05, 4.69) is 17.0 Å². The van der Waals surface area contributed by atoms with Crippen molar-refractivity contribution in [2.75, 3.05) is 14.2 Å². The number of hydrogen-bond donors (Lipinski definition) is 1. The van der Waals surface area contributed by atoms with Crippen molar-refractivity contribution in [1.82, 2.24) is 5.32 Å². The molecule has 0 aromatic carbocycles. The molecule has 1 N–H and O–H groups in total. The second-order valence-electron chi connectivity index (χ2n) is 3.72. The third kappa shape index (κ3) is 8.05. The van der Waals surface area contributed by atoms with Gasteiger partial charge in [-0.15, -0.1) is 0 Å². The fraction of sp³-hybridized carbons (Fsp3) is 0.909. The number of nitrogens with one attached hydrogen (secondary N) is 1. The predicted molar refractivity (Wildman–Crippen MR) is 58.2 cm³/mol. The van der Waals surface area contributed by atoms with Gasteiger partial charge in [-0.2, -0.15) is 0 Å². The Morgan fingerprint density at radius 3 is 2.50 bits per heavy atom. The first kappa shape index (κ1) is 13.4. The van der Waals surface area contributed by atoms with Crippen molar-refractivity contribution >= 4 is 5.97 Å². The first-order valence-electron chi connectivity index (χ1n) is 5.44. The van der Waals surface area contributed by atoms with Crippen molar-refractivity contribution in [2.24, 2.45) is 0 Å². The molecular formula is C11H23NO2. The van der Waals surface area contributed by atoms with E-state index in [9.17, 15) is 4.79 Å². The van der Waals surface area contributed by atoms with Crippen LogP contribution in [0.4, 0.5) is 0 Å². The lowest BCUT2D eigenvalue weighted by Crippen LogP contribution is -2.20.